The fourth-order valence-corrected chi connectivity index (χ4v) is 4.50. The van der Waals surface area contributed by atoms with Crippen molar-refractivity contribution in [2.75, 3.05) is 6.26 Å². The first-order valence-corrected chi connectivity index (χ1v) is 8.11. The molecule has 1 fully saturated rings. The lowest BCUT2D eigenvalue weighted by molar-refractivity contribution is 0.649. The average Bonchev–Trinajstić information content (AvgIpc) is 2.79. The maximum absolute atomic E-state index is 12.4. The zero-order valence-electron chi connectivity index (χ0n) is 10.0. The maximum atomic E-state index is 12.4. The number of hydrogen-bond acceptors (Lipinski definition) is 4. The third-order valence-corrected chi connectivity index (χ3v) is 5.77. The van der Waals surface area contributed by atoms with Crippen molar-refractivity contribution in [3.63, 3.8) is 0 Å². The standard InChI is InChI=1S/C12H14ClN3OS/c1-18(17,16-8-14)11-4-2-3-10(11)9-5-6-12(13)15-7-9/h5-7,10-11H,2-4H2,1H3/t10-,11?,18+/m1/s1. The number of aromatic nitrogens is 1. The molecule has 0 bridgehead atoms. The quantitative estimate of drug-likeness (QED) is 0.619. The van der Waals surface area contributed by atoms with Crippen LogP contribution < -0.4 is 0 Å². The van der Waals surface area contributed by atoms with Crippen molar-refractivity contribution in [2.45, 2.75) is 30.4 Å². The highest BCUT2D eigenvalue weighted by Crippen LogP contribution is 2.39. The minimum Gasteiger partial charge on any atom is -0.249 e. The van der Waals surface area contributed by atoms with Crippen LogP contribution >= 0.6 is 11.6 Å². The molecule has 1 heterocycles. The topological polar surface area (TPSA) is 66.1 Å². The molecule has 1 saturated carbocycles. The first-order chi connectivity index (χ1) is 8.54. The average molecular weight is 284 g/mol. The summed E-state index contributed by atoms with van der Waals surface area (Å²) in [6, 6.07) is 3.66. The van der Waals surface area contributed by atoms with Crippen molar-refractivity contribution in [3.05, 3.63) is 29.0 Å². The number of halogens is 1. The second kappa shape index (κ2) is 5.25. The molecule has 18 heavy (non-hydrogen) atoms. The molecule has 2 rings (SSSR count). The van der Waals surface area contributed by atoms with Crippen LogP contribution in [0.3, 0.4) is 0 Å². The van der Waals surface area contributed by atoms with Crippen molar-refractivity contribution in [2.24, 2.45) is 4.36 Å². The van der Waals surface area contributed by atoms with Crippen LogP contribution in [0.25, 0.3) is 0 Å². The molecule has 0 amide bonds. The van der Waals surface area contributed by atoms with Gasteiger partial charge in [-0.05, 0) is 24.5 Å². The van der Waals surface area contributed by atoms with Gasteiger partial charge in [-0.3, -0.25) is 0 Å². The van der Waals surface area contributed by atoms with Crippen LogP contribution in [0, 0.1) is 11.5 Å². The Kier molecular flexibility index (Phi) is 3.88. The maximum Gasteiger partial charge on any atom is 0.214 e. The highest BCUT2D eigenvalue weighted by atomic mass is 35.5. The molecule has 96 valence electrons. The fraction of sp³-hybridized carbons (Fsp3) is 0.500. The summed E-state index contributed by atoms with van der Waals surface area (Å²) in [4.78, 5) is 4.06. The van der Waals surface area contributed by atoms with Crippen molar-refractivity contribution in [1.82, 2.24) is 4.98 Å². The van der Waals surface area contributed by atoms with Gasteiger partial charge in [0.15, 0.2) is 0 Å². The number of hydrogen-bond donors (Lipinski definition) is 0. The molecular weight excluding hydrogens is 270 g/mol. The molecule has 1 aromatic rings. The molecule has 0 aromatic carbocycles. The van der Waals surface area contributed by atoms with E-state index in [9.17, 15) is 4.21 Å². The van der Waals surface area contributed by atoms with Crippen LogP contribution in [0.5, 0.6) is 0 Å². The first-order valence-electron chi connectivity index (χ1n) is 5.75. The molecule has 1 aliphatic rings. The summed E-state index contributed by atoms with van der Waals surface area (Å²) in [7, 11) is -2.46. The summed E-state index contributed by atoms with van der Waals surface area (Å²) in [6.07, 6.45) is 7.78. The van der Waals surface area contributed by atoms with E-state index >= 15 is 0 Å². The highest BCUT2D eigenvalue weighted by molar-refractivity contribution is 7.93. The number of nitrogens with zero attached hydrogens (tertiary/aromatic N) is 3. The summed E-state index contributed by atoms with van der Waals surface area (Å²) < 4.78 is 16.0. The number of pyridine rings is 1. The Labute approximate surface area is 112 Å². The van der Waals surface area contributed by atoms with E-state index in [0.717, 1.165) is 24.8 Å². The van der Waals surface area contributed by atoms with E-state index in [1.165, 1.54) is 0 Å². The van der Waals surface area contributed by atoms with Crippen molar-refractivity contribution in [1.29, 1.82) is 5.26 Å². The zero-order valence-corrected chi connectivity index (χ0v) is 11.6. The number of nitriles is 1. The van der Waals surface area contributed by atoms with E-state index in [1.54, 1.807) is 24.7 Å². The van der Waals surface area contributed by atoms with Crippen LogP contribution in [0.1, 0.15) is 30.7 Å². The van der Waals surface area contributed by atoms with Gasteiger partial charge in [-0.25, -0.2) is 9.19 Å². The smallest absolute Gasteiger partial charge is 0.214 e. The van der Waals surface area contributed by atoms with Gasteiger partial charge in [0.25, 0.3) is 0 Å². The molecule has 0 spiro atoms. The Hall–Kier alpha value is -1.12. The van der Waals surface area contributed by atoms with E-state index in [0.29, 0.717) is 5.15 Å². The lowest BCUT2D eigenvalue weighted by Gasteiger charge is -2.20. The fourth-order valence-electron chi connectivity index (χ4n) is 2.59. The molecule has 1 aliphatic carbocycles. The predicted octanol–water partition coefficient (Wildman–Crippen LogP) is 2.95. The van der Waals surface area contributed by atoms with Crippen LogP contribution in [0.4, 0.5) is 0 Å². The van der Waals surface area contributed by atoms with Gasteiger partial charge < -0.3 is 0 Å². The van der Waals surface area contributed by atoms with Gasteiger partial charge in [-0.15, -0.1) is 4.36 Å². The second-order valence-corrected chi connectivity index (χ2v) is 7.44. The van der Waals surface area contributed by atoms with Crippen molar-refractivity contribution < 1.29 is 4.21 Å². The lowest BCUT2D eigenvalue weighted by atomic mass is 9.99. The van der Waals surface area contributed by atoms with Gasteiger partial charge >= 0.3 is 0 Å². The number of rotatable bonds is 2. The summed E-state index contributed by atoms with van der Waals surface area (Å²) in [5.41, 5.74) is 1.03. The Morgan fingerprint density at radius 1 is 1.56 bits per heavy atom. The summed E-state index contributed by atoms with van der Waals surface area (Å²) in [6.45, 7) is 0. The SMILES string of the molecule is C[S@@](=O)(=NC#N)C1CCC[C@@H]1c1ccc(Cl)nc1. The minimum atomic E-state index is -2.46. The van der Waals surface area contributed by atoms with Crippen LogP contribution in [-0.4, -0.2) is 20.7 Å². The molecule has 3 atom stereocenters. The zero-order chi connectivity index (χ0) is 13.2. The summed E-state index contributed by atoms with van der Waals surface area (Å²) in [5, 5.41) is 9.01. The lowest BCUT2D eigenvalue weighted by Crippen LogP contribution is -2.22. The molecular formula is C12H14ClN3OS. The minimum absolute atomic E-state index is 0.0693. The monoisotopic (exact) mass is 283 g/mol. The van der Waals surface area contributed by atoms with Gasteiger partial charge in [0.05, 0.1) is 15.0 Å². The largest absolute Gasteiger partial charge is 0.249 e. The molecule has 4 nitrogen and oxygen atoms in total. The molecule has 0 N–H and O–H groups in total. The van der Waals surface area contributed by atoms with Crippen LogP contribution in [0.15, 0.2) is 22.7 Å². The Morgan fingerprint density at radius 2 is 2.33 bits per heavy atom. The van der Waals surface area contributed by atoms with Crippen LogP contribution in [0.2, 0.25) is 5.15 Å². The van der Waals surface area contributed by atoms with Gasteiger partial charge in [-0.2, -0.15) is 5.26 Å². The van der Waals surface area contributed by atoms with Crippen molar-refractivity contribution in [3.8, 4) is 6.19 Å². The van der Waals surface area contributed by atoms with E-state index in [1.807, 2.05) is 6.07 Å². The van der Waals surface area contributed by atoms with Crippen LogP contribution in [-0.2, 0) is 9.73 Å². The van der Waals surface area contributed by atoms with E-state index in [2.05, 4.69) is 9.35 Å². The Bertz CT molecular complexity index is 584. The second-order valence-electron chi connectivity index (χ2n) is 4.54. The molecule has 1 aromatic heterocycles. The predicted molar refractivity (Wildman–Crippen MR) is 71.7 cm³/mol. The molecule has 0 saturated heterocycles. The highest BCUT2D eigenvalue weighted by Gasteiger charge is 2.34. The van der Waals surface area contributed by atoms with E-state index in [4.69, 9.17) is 16.9 Å². The van der Waals surface area contributed by atoms with Crippen molar-refractivity contribution >= 4 is 21.3 Å². The third kappa shape index (κ3) is 2.65. The van der Waals surface area contributed by atoms with Gasteiger partial charge in [0, 0.05) is 18.4 Å². The Morgan fingerprint density at radius 3 is 2.94 bits per heavy atom. The molecule has 0 radical (unpaired) electrons. The van der Waals surface area contributed by atoms with Gasteiger partial charge in [-0.1, -0.05) is 24.1 Å². The molecule has 0 aliphatic heterocycles. The third-order valence-electron chi connectivity index (χ3n) is 3.41. The van der Waals surface area contributed by atoms with Gasteiger partial charge in [0.2, 0.25) is 6.19 Å². The first kappa shape index (κ1) is 13.3. The molecule has 6 heteroatoms. The Balaban J connectivity index is 2.34. The van der Waals surface area contributed by atoms with E-state index in [-0.39, 0.29) is 11.2 Å². The summed E-state index contributed by atoms with van der Waals surface area (Å²) >= 11 is 5.77. The van der Waals surface area contributed by atoms with E-state index < -0.39 is 9.73 Å². The molecule has 1 unspecified atom stereocenters. The van der Waals surface area contributed by atoms with Gasteiger partial charge in [0.1, 0.15) is 5.15 Å². The normalized spacial score (nSPS) is 26.3. The summed E-state index contributed by atoms with van der Waals surface area (Å²) in [5.74, 6) is 0.157.